The van der Waals surface area contributed by atoms with Crippen molar-refractivity contribution in [3.05, 3.63) is 0 Å². The number of carbonyl (C=O) groups excluding carboxylic acids is 2. The number of rotatable bonds is 4. The van der Waals surface area contributed by atoms with E-state index in [2.05, 4.69) is 4.74 Å². The monoisotopic (exact) mass is 145 g/mol. The second kappa shape index (κ2) is 4.89. The lowest BCUT2D eigenvalue weighted by atomic mass is 10.2. The van der Waals surface area contributed by atoms with Crippen LogP contribution >= 0.6 is 0 Å². The van der Waals surface area contributed by atoms with Gasteiger partial charge in [0, 0.05) is 0 Å². The van der Waals surface area contributed by atoms with Gasteiger partial charge < -0.3 is 16.2 Å². The number of carbonyl (C=O) groups is 1. The number of hydrogen-bond acceptors (Lipinski definition) is 5. The fraction of sp³-hybridized carbons (Fsp3) is 0.600. The van der Waals surface area contributed by atoms with Crippen LogP contribution in [0.15, 0.2) is 0 Å². The molecule has 0 aliphatic rings. The molecule has 57 valence electrons. The van der Waals surface area contributed by atoms with Crippen molar-refractivity contribution >= 4 is 12.4 Å². The van der Waals surface area contributed by atoms with Gasteiger partial charge in [0.1, 0.15) is 6.04 Å². The molecule has 4 N–H and O–H groups in total. The molecule has 1 radical (unpaired) electrons. The smallest absolute Gasteiger partial charge is 0.383 e. The summed E-state index contributed by atoms with van der Waals surface area (Å²) in [5.41, 5.74) is 10.3. The maximum absolute atomic E-state index is 10.5. The average Bonchev–Trinajstić information content (AvgIpc) is 1.89. The average molecular weight is 145 g/mol. The highest BCUT2D eigenvalue weighted by molar-refractivity contribution is 5.81. The standard InChI is InChI=1S/C5H9N2O3/c6-2-1-4(7)5(9)10-3-8/h4H,1-2,6-7H2. The molecule has 1 atom stereocenters. The molecule has 5 heteroatoms. The third kappa shape index (κ3) is 3.16. The largest absolute Gasteiger partial charge is 0.425 e. The van der Waals surface area contributed by atoms with Crippen LogP contribution in [0.5, 0.6) is 0 Å². The molecular formula is C5H9N2O3. The van der Waals surface area contributed by atoms with Crippen molar-refractivity contribution in [2.45, 2.75) is 12.5 Å². The first-order valence-electron chi connectivity index (χ1n) is 2.76. The van der Waals surface area contributed by atoms with E-state index >= 15 is 0 Å². The Bertz CT molecular complexity index is 126. The van der Waals surface area contributed by atoms with Crippen LogP contribution in [0.4, 0.5) is 0 Å². The molecule has 0 fully saturated rings. The van der Waals surface area contributed by atoms with E-state index in [0.29, 0.717) is 6.42 Å². The van der Waals surface area contributed by atoms with E-state index in [4.69, 9.17) is 11.5 Å². The van der Waals surface area contributed by atoms with Gasteiger partial charge in [0.25, 0.3) is 0 Å². The molecule has 0 aromatic heterocycles. The number of hydrogen-bond donors (Lipinski definition) is 2. The van der Waals surface area contributed by atoms with Gasteiger partial charge in [-0.1, -0.05) is 0 Å². The molecule has 5 nitrogen and oxygen atoms in total. The van der Waals surface area contributed by atoms with Crippen LogP contribution in [-0.4, -0.2) is 25.0 Å². The van der Waals surface area contributed by atoms with Crippen molar-refractivity contribution in [2.24, 2.45) is 11.5 Å². The predicted octanol–water partition coefficient (Wildman–Crippen LogP) is -1.73. The minimum absolute atomic E-state index is 0.287. The van der Waals surface area contributed by atoms with Crippen molar-refractivity contribution in [2.75, 3.05) is 6.54 Å². The van der Waals surface area contributed by atoms with Crippen molar-refractivity contribution < 1.29 is 14.3 Å². The molecule has 0 saturated carbocycles. The highest BCUT2D eigenvalue weighted by Crippen LogP contribution is 1.87. The Hall–Kier alpha value is -0.940. The van der Waals surface area contributed by atoms with Crippen molar-refractivity contribution in [3.8, 4) is 0 Å². The predicted molar refractivity (Wildman–Crippen MR) is 33.4 cm³/mol. The minimum Gasteiger partial charge on any atom is -0.383 e. The molecule has 0 rings (SSSR count). The van der Waals surface area contributed by atoms with Gasteiger partial charge >= 0.3 is 12.4 Å². The van der Waals surface area contributed by atoms with Gasteiger partial charge in [-0.05, 0) is 13.0 Å². The first kappa shape index (κ1) is 9.06. The second-order valence-electron chi connectivity index (χ2n) is 1.69. The molecule has 0 bridgehead atoms. The Morgan fingerprint density at radius 3 is 2.70 bits per heavy atom. The van der Waals surface area contributed by atoms with Gasteiger partial charge in [0.2, 0.25) is 0 Å². The summed E-state index contributed by atoms with van der Waals surface area (Å²) in [7, 11) is 0. The Morgan fingerprint density at radius 2 is 2.30 bits per heavy atom. The fourth-order valence-electron chi connectivity index (χ4n) is 0.414. The van der Waals surface area contributed by atoms with Crippen LogP contribution < -0.4 is 11.5 Å². The van der Waals surface area contributed by atoms with E-state index in [1.807, 2.05) is 0 Å². The minimum atomic E-state index is -0.813. The number of esters is 1. The van der Waals surface area contributed by atoms with Gasteiger partial charge in [-0.25, -0.2) is 9.59 Å². The van der Waals surface area contributed by atoms with Crippen LogP contribution in [0.25, 0.3) is 0 Å². The van der Waals surface area contributed by atoms with Crippen molar-refractivity contribution in [3.63, 3.8) is 0 Å². The topological polar surface area (TPSA) is 95.4 Å². The lowest BCUT2D eigenvalue weighted by Crippen LogP contribution is -2.34. The van der Waals surface area contributed by atoms with E-state index in [-0.39, 0.29) is 6.54 Å². The van der Waals surface area contributed by atoms with E-state index in [1.165, 1.54) is 0 Å². The Labute approximate surface area is 58.3 Å². The van der Waals surface area contributed by atoms with E-state index in [1.54, 1.807) is 0 Å². The van der Waals surface area contributed by atoms with Gasteiger partial charge in [-0.3, -0.25) is 0 Å². The summed E-state index contributed by atoms with van der Waals surface area (Å²) in [4.78, 5) is 19.9. The van der Waals surface area contributed by atoms with Gasteiger partial charge in [-0.2, -0.15) is 0 Å². The molecule has 0 aromatic rings. The fourth-order valence-corrected chi connectivity index (χ4v) is 0.414. The van der Waals surface area contributed by atoms with Crippen LogP contribution in [0, 0.1) is 0 Å². The first-order chi connectivity index (χ1) is 4.72. The summed E-state index contributed by atoms with van der Waals surface area (Å²) in [6, 6.07) is -0.813. The summed E-state index contributed by atoms with van der Waals surface area (Å²) in [6.45, 7) is 1.27. The summed E-state index contributed by atoms with van der Waals surface area (Å²) < 4.78 is 3.83. The summed E-state index contributed by atoms with van der Waals surface area (Å²) in [6.07, 6.45) is 0.306. The Morgan fingerprint density at radius 1 is 1.70 bits per heavy atom. The molecule has 0 amide bonds. The molecule has 10 heavy (non-hydrogen) atoms. The van der Waals surface area contributed by atoms with Crippen LogP contribution in [0.1, 0.15) is 6.42 Å². The van der Waals surface area contributed by atoms with E-state index in [0.717, 1.165) is 6.47 Å². The molecule has 1 unspecified atom stereocenters. The Kier molecular flexibility index (Phi) is 4.43. The van der Waals surface area contributed by atoms with Crippen molar-refractivity contribution in [1.82, 2.24) is 0 Å². The molecule has 0 aliphatic heterocycles. The number of ether oxygens (including phenoxy) is 1. The van der Waals surface area contributed by atoms with Gasteiger partial charge in [-0.15, -0.1) is 0 Å². The maximum atomic E-state index is 10.5. The normalized spacial score (nSPS) is 12.2. The first-order valence-corrected chi connectivity index (χ1v) is 2.76. The molecule has 0 saturated heterocycles. The zero-order valence-electron chi connectivity index (χ0n) is 5.37. The highest BCUT2D eigenvalue weighted by atomic mass is 16.6. The number of nitrogens with two attached hydrogens (primary N) is 2. The molecule has 0 spiro atoms. The molecular weight excluding hydrogens is 136 g/mol. The van der Waals surface area contributed by atoms with Crippen molar-refractivity contribution in [1.29, 1.82) is 0 Å². The lowest BCUT2D eigenvalue weighted by molar-refractivity contribution is -0.137. The van der Waals surface area contributed by atoms with E-state index < -0.39 is 12.0 Å². The van der Waals surface area contributed by atoms with E-state index in [9.17, 15) is 9.59 Å². The molecule has 0 heterocycles. The quantitative estimate of drug-likeness (QED) is 0.362. The summed E-state index contributed by atoms with van der Waals surface area (Å²) in [5, 5.41) is 0. The molecule has 0 aromatic carbocycles. The highest BCUT2D eigenvalue weighted by Gasteiger charge is 2.13. The van der Waals surface area contributed by atoms with Gasteiger partial charge in [0.15, 0.2) is 0 Å². The van der Waals surface area contributed by atoms with Gasteiger partial charge in [0.05, 0.1) is 0 Å². The lowest BCUT2D eigenvalue weighted by Gasteiger charge is -2.03. The third-order valence-electron chi connectivity index (χ3n) is 0.923. The van der Waals surface area contributed by atoms with Crippen LogP contribution in [-0.2, 0) is 14.3 Å². The zero-order valence-corrected chi connectivity index (χ0v) is 5.37. The zero-order chi connectivity index (χ0) is 7.98. The Balaban J connectivity index is 3.58. The molecule has 0 aliphatic carbocycles. The summed E-state index contributed by atoms with van der Waals surface area (Å²) >= 11 is 0. The third-order valence-corrected chi connectivity index (χ3v) is 0.923. The van der Waals surface area contributed by atoms with Crippen LogP contribution in [0.2, 0.25) is 0 Å². The SMILES string of the molecule is NCCC(N)C(=O)O[C]=O. The summed E-state index contributed by atoms with van der Waals surface area (Å²) in [5.74, 6) is -0.791. The maximum Gasteiger partial charge on any atom is 0.425 e. The second-order valence-corrected chi connectivity index (χ2v) is 1.69. The van der Waals surface area contributed by atoms with Crippen LogP contribution in [0.3, 0.4) is 0 Å².